The average molecular weight is 451 g/mol. The van der Waals surface area contributed by atoms with Crippen molar-refractivity contribution in [1.82, 2.24) is 20.0 Å². The Balaban J connectivity index is 1.34. The molecule has 5 rings (SSSR count). The molecule has 1 aliphatic rings. The lowest BCUT2D eigenvalue weighted by Crippen LogP contribution is -2.39. The Hall–Kier alpha value is -3.19. The van der Waals surface area contributed by atoms with Crippen LogP contribution in [0.2, 0.25) is 5.02 Å². The van der Waals surface area contributed by atoms with E-state index in [0.29, 0.717) is 52.8 Å². The Kier molecular flexibility index (Phi) is 5.43. The minimum absolute atomic E-state index is 0.0376. The first-order valence-corrected chi connectivity index (χ1v) is 11.1. The van der Waals surface area contributed by atoms with E-state index in [-0.39, 0.29) is 11.8 Å². The molecule has 8 heteroatoms. The molecular weight excluding hydrogens is 428 g/mol. The zero-order chi connectivity index (χ0) is 22.2. The van der Waals surface area contributed by atoms with Gasteiger partial charge in [-0.3, -0.25) is 4.79 Å². The molecule has 1 atom stereocenters. The number of pyridine rings is 1. The second-order valence-corrected chi connectivity index (χ2v) is 8.75. The molecule has 0 spiro atoms. The first-order valence-electron chi connectivity index (χ1n) is 10.7. The van der Waals surface area contributed by atoms with E-state index in [9.17, 15) is 4.79 Å². The van der Waals surface area contributed by atoms with Crippen LogP contribution in [0.1, 0.15) is 57.7 Å². The van der Waals surface area contributed by atoms with E-state index in [1.54, 1.807) is 6.20 Å². The van der Waals surface area contributed by atoms with Crippen LogP contribution in [0.25, 0.3) is 11.1 Å². The zero-order valence-corrected chi connectivity index (χ0v) is 18.7. The van der Waals surface area contributed by atoms with Crippen LogP contribution in [-0.4, -0.2) is 39.0 Å². The fourth-order valence-electron chi connectivity index (χ4n) is 4.32. The first-order chi connectivity index (χ1) is 15.5. The van der Waals surface area contributed by atoms with E-state index in [1.807, 2.05) is 49.1 Å². The van der Waals surface area contributed by atoms with Gasteiger partial charge in [0.1, 0.15) is 5.76 Å². The third-order valence-electron chi connectivity index (χ3n) is 5.90. The van der Waals surface area contributed by atoms with E-state index >= 15 is 0 Å². The van der Waals surface area contributed by atoms with Crippen LogP contribution in [0.4, 0.5) is 0 Å². The van der Waals surface area contributed by atoms with Crippen molar-refractivity contribution >= 4 is 28.6 Å². The first kappa shape index (κ1) is 20.7. The summed E-state index contributed by atoms with van der Waals surface area (Å²) in [6, 6.07) is 9.51. The van der Waals surface area contributed by atoms with E-state index in [2.05, 4.69) is 15.1 Å². The number of aromatic nitrogens is 3. The summed E-state index contributed by atoms with van der Waals surface area (Å²) in [7, 11) is 0. The number of nitrogens with zero attached hydrogens (tertiary/aromatic N) is 4. The Bertz CT molecular complexity index is 1280. The van der Waals surface area contributed by atoms with Gasteiger partial charge in [-0.2, -0.15) is 0 Å². The lowest BCUT2D eigenvalue weighted by Gasteiger charge is -2.31. The van der Waals surface area contributed by atoms with Crippen molar-refractivity contribution in [2.45, 2.75) is 39.0 Å². The van der Waals surface area contributed by atoms with Crippen LogP contribution >= 0.6 is 11.6 Å². The molecule has 1 fully saturated rings. The fraction of sp³-hybridized carbons (Fsp3) is 0.333. The predicted molar refractivity (Wildman–Crippen MR) is 120 cm³/mol. The summed E-state index contributed by atoms with van der Waals surface area (Å²) in [5, 5.41) is 5.38. The SMILES string of the molecule is Cc1cc(C(=O)N2CCC[C@@H](c3ncc(Cc4ccc(Cl)cc4)o3)C2)c2c(C)noc2n1. The van der Waals surface area contributed by atoms with Crippen molar-refractivity contribution in [2.75, 3.05) is 13.1 Å². The van der Waals surface area contributed by atoms with Crippen LogP contribution < -0.4 is 0 Å². The third-order valence-corrected chi connectivity index (χ3v) is 6.15. The number of likely N-dealkylation sites (tertiary alicyclic amines) is 1. The van der Waals surface area contributed by atoms with Gasteiger partial charge in [0.05, 0.1) is 28.8 Å². The van der Waals surface area contributed by atoms with Gasteiger partial charge in [0.25, 0.3) is 11.6 Å². The monoisotopic (exact) mass is 450 g/mol. The number of halogens is 1. The Morgan fingerprint density at radius 1 is 1.25 bits per heavy atom. The maximum absolute atomic E-state index is 13.4. The summed E-state index contributed by atoms with van der Waals surface area (Å²) in [5.74, 6) is 1.51. The van der Waals surface area contributed by atoms with Crippen molar-refractivity contribution in [2.24, 2.45) is 0 Å². The molecule has 7 nitrogen and oxygen atoms in total. The fourth-order valence-corrected chi connectivity index (χ4v) is 4.44. The number of amides is 1. The molecule has 1 aliphatic heterocycles. The Morgan fingerprint density at radius 2 is 2.06 bits per heavy atom. The molecule has 1 aromatic carbocycles. The molecule has 1 saturated heterocycles. The molecule has 0 radical (unpaired) electrons. The van der Waals surface area contributed by atoms with Crippen LogP contribution in [-0.2, 0) is 6.42 Å². The van der Waals surface area contributed by atoms with E-state index < -0.39 is 0 Å². The number of hydrogen-bond acceptors (Lipinski definition) is 6. The van der Waals surface area contributed by atoms with Gasteiger partial charge in [-0.1, -0.05) is 28.9 Å². The van der Waals surface area contributed by atoms with Crippen LogP contribution in [0.3, 0.4) is 0 Å². The summed E-state index contributed by atoms with van der Waals surface area (Å²) in [4.78, 5) is 24.2. The second-order valence-electron chi connectivity index (χ2n) is 8.32. The molecule has 4 heterocycles. The largest absolute Gasteiger partial charge is 0.445 e. The maximum Gasteiger partial charge on any atom is 0.258 e. The minimum atomic E-state index is -0.0376. The highest BCUT2D eigenvalue weighted by Gasteiger charge is 2.30. The Morgan fingerprint density at radius 3 is 2.88 bits per heavy atom. The smallest absolute Gasteiger partial charge is 0.258 e. The highest BCUT2D eigenvalue weighted by Crippen LogP contribution is 2.30. The van der Waals surface area contributed by atoms with Gasteiger partial charge in [0.15, 0.2) is 5.89 Å². The van der Waals surface area contributed by atoms with E-state index in [1.165, 1.54) is 0 Å². The number of oxazole rings is 1. The number of rotatable bonds is 4. The molecule has 0 bridgehead atoms. The molecule has 0 aliphatic carbocycles. The van der Waals surface area contributed by atoms with Gasteiger partial charge in [-0.15, -0.1) is 0 Å². The second kappa shape index (κ2) is 8.39. The number of hydrogen-bond donors (Lipinski definition) is 0. The zero-order valence-electron chi connectivity index (χ0n) is 18.0. The number of benzene rings is 1. The molecule has 4 aromatic rings. The van der Waals surface area contributed by atoms with Crippen molar-refractivity contribution in [3.63, 3.8) is 0 Å². The predicted octanol–water partition coefficient (Wildman–Crippen LogP) is 5.09. The molecule has 3 aromatic heterocycles. The van der Waals surface area contributed by atoms with Gasteiger partial charge < -0.3 is 13.8 Å². The van der Waals surface area contributed by atoms with E-state index in [4.69, 9.17) is 20.5 Å². The van der Waals surface area contributed by atoms with Crippen molar-refractivity contribution < 1.29 is 13.7 Å². The molecule has 164 valence electrons. The lowest BCUT2D eigenvalue weighted by atomic mass is 9.97. The van der Waals surface area contributed by atoms with Gasteiger partial charge >= 0.3 is 0 Å². The van der Waals surface area contributed by atoms with Gasteiger partial charge in [0.2, 0.25) is 0 Å². The molecule has 0 saturated carbocycles. The summed E-state index contributed by atoms with van der Waals surface area (Å²) in [6.07, 6.45) is 4.25. The van der Waals surface area contributed by atoms with Gasteiger partial charge in [0, 0.05) is 30.2 Å². The highest BCUT2D eigenvalue weighted by atomic mass is 35.5. The van der Waals surface area contributed by atoms with Crippen molar-refractivity contribution in [1.29, 1.82) is 0 Å². The maximum atomic E-state index is 13.4. The lowest BCUT2D eigenvalue weighted by molar-refractivity contribution is 0.0699. The minimum Gasteiger partial charge on any atom is -0.445 e. The van der Waals surface area contributed by atoms with Gasteiger partial charge in [-0.25, -0.2) is 9.97 Å². The molecule has 0 unspecified atom stereocenters. The average Bonchev–Trinajstić information content (AvgIpc) is 3.41. The molecule has 1 amide bonds. The number of fused-ring (bicyclic) bond motifs is 1. The van der Waals surface area contributed by atoms with Gasteiger partial charge in [-0.05, 0) is 50.5 Å². The Labute approximate surface area is 190 Å². The third kappa shape index (κ3) is 4.00. The van der Waals surface area contributed by atoms with Crippen LogP contribution in [0.15, 0.2) is 45.5 Å². The number of aryl methyl sites for hydroxylation is 2. The topological polar surface area (TPSA) is 85.3 Å². The summed E-state index contributed by atoms with van der Waals surface area (Å²) < 4.78 is 11.4. The van der Waals surface area contributed by atoms with Crippen LogP contribution in [0.5, 0.6) is 0 Å². The summed E-state index contributed by atoms with van der Waals surface area (Å²) in [6.45, 7) is 4.93. The highest BCUT2D eigenvalue weighted by molar-refractivity contribution is 6.30. The standard InChI is InChI=1S/C24H23ClN4O3/c1-14-10-20(21-15(2)28-32-23(21)27-14)24(30)29-9-3-4-17(13-29)22-26-12-19(31-22)11-16-5-7-18(25)8-6-16/h5-8,10,12,17H,3-4,9,11,13H2,1-2H3/t17-/m1/s1. The molecule has 0 N–H and O–H groups in total. The van der Waals surface area contributed by atoms with E-state index in [0.717, 1.165) is 29.9 Å². The molecular formula is C24H23ClN4O3. The number of piperidine rings is 1. The quantitative estimate of drug-likeness (QED) is 0.430. The summed E-state index contributed by atoms with van der Waals surface area (Å²) >= 11 is 5.97. The van der Waals surface area contributed by atoms with Crippen LogP contribution in [0, 0.1) is 13.8 Å². The molecule has 32 heavy (non-hydrogen) atoms. The normalized spacial score (nSPS) is 16.6. The number of carbonyl (C=O) groups excluding carboxylic acids is 1. The summed E-state index contributed by atoms with van der Waals surface area (Å²) in [5.41, 5.74) is 3.49. The van der Waals surface area contributed by atoms with Crippen molar-refractivity contribution in [3.05, 3.63) is 75.7 Å². The van der Waals surface area contributed by atoms with Crippen molar-refractivity contribution in [3.8, 4) is 0 Å². The number of carbonyl (C=O) groups is 1.